The van der Waals surface area contributed by atoms with Crippen molar-refractivity contribution >= 4 is 18.3 Å². The number of halogens is 2. The lowest BCUT2D eigenvalue weighted by atomic mass is 10.2. The molecule has 2 N–H and O–H groups in total. The molecule has 1 amide bonds. The first-order valence-corrected chi connectivity index (χ1v) is 7.51. The molecule has 1 aliphatic rings. The monoisotopic (exact) mass is 354 g/mol. The number of hydrogen-bond acceptors (Lipinski definition) is 4. The highest BCUT2D eigenvalue weighted by Crippen LogP contribution is 2.21. The van der Waals surface area contributed by atoms with Gasteiger partial charge in [-0.05, 0) is 18.6 Å². The number of para-hydroxylation sites is 2. The molecule has 24 heavy (non-hydrogen) atoms. The van der Waals surface area contributed by atoms with Crippen LogP contribution in [0.1, 0.15) is 16.8 Å². The molecule has 0 radical (unpaired) electrons. The van der Waals surface area contributed by atoms with E-state index in [4.69, 9.17) is 4.74 Å². The van der Waals surface area contributed by atoms with Crippen molar-refractivity contribution in [3.05, 3.63) is 42.2 Å². The minimum atomic E-state index is -0.829. The van der Waals surface area contributed by atoms with Gasteiger partial charge in [-0.1, -0.05) is 12.1 Å². The zero-order valence-electron chi connectivity index (χ0n) is 13.2. The van der Waals surface area contributed by atoms with E-state index in [2.05, 4.69) is 15.7 Å². The number of carbonyl (C=O) groups excluding carboxylic acids is 1. The van der Waals surface area contributed by atoms with Crippen molar-refractivity contribution < 1.29 is 13.9 Å². The number of aromatic nitrogens is 2. The molecule has 2 atom stereocenters. The number of alkyl halides is 1. The van der Waals surface area contributed by atoms with Gasteiger partial charge in [-0.15, -0.1) is 12.4 Å². The molecule has 1 fully saturated rings. The van der Waals surface area contributed by atoms with Crippen LogP contribution in [0, 0.1) is 0 Å². The number of nitrogens with one attached hydrogen (secondary N) is 2. The van der Waals surface area contributed by atoms with Crippen LogP contribution in [0.25, 0.3) is 5.69 Å². The molecule has 6 nitrogen and oxygen atoms in total. The van der Waals surface area contributed by atoms with Crippen LogP contribution in [0.3, 0.4) is 0 Å². The normalized spacial score (nSPS) is 19.6. The predicted octanol–water partition coefficient (Wildman–Crippen LogP) is 1.73. The van der Waals surface area contributed by atoms with E-state index >= 15 is 0 Å². The van der Waals surface area contributed by atoms with Crippen LogP contribution in [0.15, 0.2) is 36.7 Å². The molecule has 1 aromatic heterocycles. The van der Waals surface area contributed by atoms with Crippen molar-refractivity contribution in [1.29, 1.82) is 0 Å². The lowest BCUT2D eigenvalue weighted by molar-refractivity contribution is 0.0950. The molecule has 2 heterocycles. The van der Waals surface area contributed by atoms with Crippen molar-refractivity contribution in [3.8, 4) is 11.4 Å². The van der Waals surface area contributed by atoms with Gasteiger partial charge in [-0.3, -0.25) is 4.79 Å². The van der Waals surface area contributed by atoms with E-state index in [0.717, 1.165) is 5.69 Å². The second kappa shape index (κ2) is 8.12. The lowest BCUT2D eigenvalue weighted by Gasteiger charge is -2.10. The van der Waals surface area contributed by atoms with Gasteiger partial charge in [0.2, 0.25) is 0 Å². The number of hydrogen-bond donors (Lipinski definition) is 2. The number of methoxy groups -OCH3 is 1. The topological polar surface area (TPSA) is 68.2 Å². The second-order valence-electron chi connectivity index (χ2n) is 5.49. The number of carbonyl (C=O) groups is 1. The maximum atomic E-state index is 13.1. The van der Waals surface area contributed by atoms with E-state index in [9.17, 15) is 9.18 Å². The molecule has 0 unspecified atom stereocenters. The zero-order valence-corrected chi connectivity index (χ0v) is 14.1. The van der Waals surface area contributed by atoms with Crippen molar-refractivity contribution in [1.82, 2.24) is 20.4 Å². The maximum Gasteiger partial charge on any atom is 0.254 e. The van der Waals surface area contributed by atoms with Gasteiger partial charge in [0.1, 0.15) is 17.6 Å². The molecule has 0 saturated carbocycles. The maximum absolute atomic E-state index is 13.1. The van der Waals surface area contributed by atoms with Gasteiger partial charge in [-0.25, -0.2) is 9.07 Å². The number of nitrogens with zero attached hydrogens (tertiary/aromatic N) is 2. The molecule has 0 bridgehead atoms. The van der Waals surface area contributed by atoms with Crippen molar-refractivity contribution in [3.63, 3.8) is 0 Å². The molecule has 3 rings (SSSR count). The minimum absolute atomic E-state index is 0. The summed E-state index contributed by atoms with van der Waals surface area (Å²) in [5.41, 5.74) is 1.21. The van der Waals surface area contributed by atoms with Crippen LogP contribution < -0.4 is 15.4 Å². The third-order valence-electron chi connectivity index (χ3n) is 3.85. The fourth-order valence-electron chi connectivity index (χ4n) is 2.63. The average molecular weight is 355 g/mol. The molecule has 2 aromatic rings. The third kappa shape index (κ3) is 4.04. The SMILES string of the molecule is COc1ccccc1-n1cc(C(=O)NC[C@@H]2C[C@H](F)CN2)cn1.Cl. The highest BCUT2D eigenvalue weighted by atomic mass is 35.5. The fourth-order valence-corrected chi connectivity index (χ4v) is 2.63. The highest BCUT2D eigenvalue weighted by molar-refractivity contribution is 5.93. The van der Waals surface area contributed by atoms with E-state index in [1.807, 2.05) is 24.3 Å². The van der Waals surface area contributed by atoms with E-state index in [1.165, 1.54) is 6.20 Å². The zero-order chi connectivity index (χ0) is 16.2. The first-order chi connectivity index (χ1) is 11.2. The number of ether oxygens (including phenoxy) is 1. The summed E-state index contributed by atoms with van der Waals surface area (Å²) < 4.78 is 20.0. The Kier molecular flexibility index (Phi) is 6.16. The van der Waals surface area contributed by atoms with Gasteiger partial charge in [-0.2, -0.15) is 5.10 Å². The number of amides is 1. The van der Waals surface area contributed by atoms with Crippen LogP contribution >= 0.6 is 12.4 Å². The summed E-state index contributed by atoms with van der Waals surface area (Å²) in [4.78, 5) is 12.2. The highest BCUT2D eigenvalue weighted by Gasteiger charge is 2.24. The molecule has 1 aliphatic heterocycles. The molecule has 0 aliphatic carbocycles. The van der Waals surface area contributed by atoms with Crippen LogP contribution in [0.2, 0.25) is 0 Å². The van der Waals surface area contributed by atoms with Crippen LogP contribution in [0.4, 0.5) is 4.39 Å². The van der Waals surface area contributed by atoms with Gasteiger partial charge in [0.15, 0.2) is 0 Å². The summed E-state index contributed by atoms with van der Waals surface area (Å²) in [7, 11) is 1.59. The summed E-state index contributed by atoms with van der Waals surface area (Å²) in [5, 5.41) is 10.0. The summed E-state index contributed by atoms with van der Waals surface area (Å²) >= 11 is 0. The number of benzene rings is 1. The summed E-state index contributed by atoms with van der Waals surface area (Å²) in [6, 6.07) is 7.41. The molecule has 1 saturated heterocycles. The van der Waals surface area contributed by atoms with Gasteiger partial charge in [0, 0.05) is 25.3 Å². The van der Waals surface area contributed by atoms with Crippen molar-refractivity contribution in [2.24, 2.45) is 0 Å². The van der Waals surface area contributed by atoms with E-state index in [1.54, 1.807) is 18.0 Å². The first kappa shape index (κ1) is 18.2. The summed E-state index contributed by atoms with van der Waals surface area (Å²) in [5.74, 6) is 0.446. The van der Waals surface area contributed by atoms with Gasteiger partial charge < -0.3 is 15.4 Å². The molecular weight excluding hydrogens is 335 g/mol. The molecular formula is C16H20ClFN4O2. The Bertz CT molecular complexity index is 694. The quantitative estimate of drug-likeness (QED) is 0.858. The third-order valence-corrected chi connectivity index (χ3v) is 3.85. The van der Waals surface area contributed by atoms with Crippen molar-refractivity contribution in [2.45, 2.75) is 18.6 Å². The average Bonchev–Trinajstić information content (AvgIpc) is 3.21. The largest absolute Gasteiger partial charge is 0.494 e. The van der Waals surface area contributed by atoms with Crippen molar-refractivity contribution in [2.75, 3.05) is 20.2 Å². The van der Waals surface area contributed by atoms with Gasteiger partial charge >= 0.3 is 0 Å². The Hall–Kier alpha value is -2.12. The Morgan fingerprint density at radius 1 is 1.50 bits per heavy atom. The van der Waals surface area contributed by atoms with E-state index in [0.29, 0.717) is 30.8 Å². The summed E-state index contributed by atoms with van der Waals surface area (Å²) in [6.07, 6.45) is 2.75. The Balaban J connectivity index is 0.00000208. The Morgan fingerprint density at radius 2 is 2.29 bits per heavy atom. The first-order valence-electron chi connectivity index (χ1n) is 7.51. The minimum Gasteiger partial charge on any atom is -0.494 e. The molecule has 0 spiro atoms. The number of rotatable bonds is 5. The Labute approximate surface area is 145 Å². The molecule has 130 valence electrons. The lowest BCUT2D eigenvalue weighted by Crippen LogP contribution is -2.37. The van der Waals surface area contributed by atoms with Crippen LogP contribution in [-0.2, 0) is 0 Å². The van der Waals surface area contributed by atoms with E-state index < -0.39 is 6.17 Å². The standard InChI is InChI=1S/C16H19FN4O2.ClH/c1-23-15-5-3-2-4-14(15)21-10-11(7-20-21)16(22)19-9-13-6-12(17)8-18-13;/h2-5,7,10,12-13,18H,6,8-9H2,1H3,(H,19,22);1H/t12-,13-;/m0./s1. The van der Waals surface area contributed by atoms with E-state index in [-0.39, 0.29) is 24.4 Å². The van der Waals surface area contributed by atoms with Gasteiger partial charge in [0.25, 0.3) is 5.91 Å². The predicted molar refractivity (Wildman–Crippen MR) is 91.0 cm³/mol. The van der Waals surface area contributed by atoms with Crippen LogP contribution in [-0.4, -0.2) is 48.1 Å². The molecule has 1 aromatic carbocycles. The van der Waals surface area contributed by atoms with Gasteiger partial charge in [0.05, 0.1) is 18.9 Å². The fraction of sp³-hybridized carbons (Fsp3) is 0.375. The molecule has 8 heteroatoms. The smallest absolute Gasteiger partial charge is 0.254 e. The second-order valence-corrected chi connectivity index (χ2v) is 5.49. The Morgan fingerprint density at radius 3 is 3.00 bits per heavy atom. The van der Waals surface area contributed by atoms with Crippen LogP contribution in [0.5, 0.6) is 5.75 Å². The summed E-state index contributed by atoms with van der Waals surface area (Å²) in [6.45, 7) is 0.755.